The molecule has 1 fully saturated rings. The second-order valence-corrected chi connectivity index (χ2v) is 6.42. The summed E-state index contributed by atoms with van der Waals surface area (Å²) < 4.78 is 0. The Morgan fingerprint density at radius 2 is 2.00 bits per heavy atom. The summed E-state index contributed by atoms with van der Waals surface area (Å²) in [5.41, 5.74) is 0.715. The van der Waals surface area contributed by atoms with Gasteiger partial charge in [-0.2, -0.15) is 0 Å². The van der Waals surface area contributed by atoms with E-state index in [0.29, 0.717) is 15.7 Å². The Labute approximate surface area is 135 Å². The average molecular weight is 330 g/mol. The highest BCUT2D eigenvalue weighted by Crippen LogP contribution is 2.25. The number of carbonyl (C=O) groups is 1. The summed E-state index contributed by atoms with van der Waals surface area (Å²) >= 11 is 12.0. The van der Waals surface area contributed by atoms with Crippen LogP contribution in [0.15, 0.2) is 18.2 Å². The molecule has 1 heterocycles. The van der Waals surface area contributed by atoms with E-state index in [2.05, 4.69) is 22.6 Å². The third-order valence-corrected chi connectivity index (χ3v) is 4.31. The maximum absolute atomic E-state index is 12.2. The van der Waals surface area contributed by atoms with Crippen LogP contribution in [0.2, 0.25) is 10.0 Å². The maximum Gasteiger partial charge on any atom is 0.242 e. The number of carbonyl (C=O) groups excluding carboxylic acids is 1. The van der Waals surface area contributed by atoms with Gasteiger partial charge in [0, 0.05) is 11.1 Å². The predicted octanol–water partition coefficient (Wildman–Crippen LogP) is 3.00. The minimum Gasteiger partial charge on any atom is -0.373 e. The summed E-state index contributed by atoms with van der Waals surface area (Å²) in [6.07, 6.45) is 1.99. The van der Waals surface area contributed by atoms with Crippen molar-refractivity contribution in [1.29, 1.82) is 0 Å². The normalized spacial score (nSPS) is 18.3. The molecule has 2 N–H and O–H groups in total. The molecule has 2 rings (SSSR count). The largest absolute Gasteiger partial charge is 0.373 e. The third kappa shape index (κ3) is 4.77. The van der Waals surface area contributed by atoms with Crippen molar-refractivity contribution in [2.45, 2.75) is 31.8 Å². The Morgan fingerprint density at radius 3 is 2.62 bits per heavy atom. The molecule has 4 nitrogen and oxygen atoms in total. The summed E-state index contributed by atoms with van der Waals surface area (Å²) in [7, 11) is 2.10. The summed E-state index contributed by atoms with van der Waals surface area (Å²) in [5.74, 6) is -0.00410. The van der Waals surface area contributed by atoms with E-state index in [9.17, 15) is 4.79 Å². The van der Waals surface area contributed by atoms with Gasteiger partial charge in [0.25, 0.3) is 0 Å². The molecule has 0 aromatic heterocycles. The first kappa shape index (κ1) is 16.4. The van der Waals surface area contributed by atoms with Crippen LogP contribution in [0.1, 0.15) is 19.8 Å². The number of nitrogens with zero attached hydrogens (tertiary/aromatic N) is 1. The highest BCUT2D eigenvalue weighted by atomic mass is 35.5. The molecule has 1 aromatic rings. The number of amides is 1. The first-order chi connectivity index (χ1) is 9.95. The van der Waals surface area contributed by atoms with Crippen molar-refractivity contribution < 1.29 is 4.79 Å². The van der Waals surface area contributed by atoms with Crippen molar-refractivity contribution in [3.63, 3.8) is 0 Å². The van der Waals surface area contributed by atoms with Gasteiger partial charge < -0.3 is 15.5 Å². The van der Waals surface area contributed by atoms with Crippen molar-refractivity contribution in [3.8, 4) is 0 Å². The number of halogens is 2. The molecule has 0 bridgehead atoms. The van der Waals surface area contributed by atoms with Crippen molar-refractivity contribution in [2.24, 2.45) is 0 Å². The van der Waals surface area contributed by atoms with Gasteiger partial charge in [-0.25, -0.2) is 0 Å². The van der Waals surface area contributed by atoms with E-state index < -0.39 is 0 Å². The molecule has 6 heteroatoms. The average Bonchev–Trinajstić information content (AvgIpc) is 2.44. The molecule has 0 aliphatic carbocycles. The van der Waals surface area contributed by atoms with Gasteiger partial charge in [-0.1, -0.05) is 23.2 Å². The Balaban J connectivity index is 1.87. The van der Waals surface area contributed by atoms with E-state index in [-0.39, 0.29) is 18.0 Å². The van der Waals surface area contributed by atoms with Gasteiger partial charge in [0.1, 0.15) is 6.04 Å². The van der Waals surface area contributed by atoms with Crippen molar-refractivity contribution in [1.82, 2.24) is 10.2 Å². The molecule has 0 radical (unpaired) electrons. The standard InChI is InChI=1S/C15H21Cl2N3O/c1-10(18-14-4-3-11(16)9-13(14)17)15(21)19-12-5-7-20(2)8-6-12/h3-4,9-10,12,18H,5-8H2,1-2H3,(H,19,21)/t10-/m0/s1. The predicted molar refractivity (Wildman–Crippen MR) is 88.2 cm³/mol. The summed E-state index contributed by atoms with van der Waals surface area (Å²) in [5, 5.41) is 7.31. The summed E-state index contributed by atoms with van der Waals surface area (Å²) in [6, 6.07) is 5.11. The Bertz CT molecular complexity index is 502. The van der Waals surface area contributed by atoms with Gasteiger partial charge in [0.15, 0.2) is 0 Å². The van der Waals surface area contributed by atoms with E-state index in [4.69, 9.17) is 23.2 Å². The lowest BCUT2D eigenvalue weighted by atomic mass is 10.1. The Morgan fingerprint density at radius 1 is 1.33 bits per heavy atom. The number of nitrogens with one attached hydrogen (secondary N) is 2. The monoisotopic (exact) mass is 329 g/mol. The van der Waals surface area contributed by atoms with E-state index in [1.165, 1.54) is 0 Å². The van der Waals surface area contributed by atoms with Crippen LogP contribution in [0.5, 0.6) is 0 Å². The van der Waals surface area contributed by atoms with Crippen molar-refractivity contribution in [3.05, 3.63) is 28.2 Å². The molecule has 1 aliphatic heterocycles. The molecule has 1 saturated heterocycles. The van der Waals surface area contributed by atoms with Crippen LogP contribution in [-0.2, 0) is 4.79 Å². The number of hydrogen-bond acceptors (Lipinski definition) is 3. The zero-order valence-electron chi connectivity index (χ0n) is 12.3. The Kier molecular flexibility index (Phi) is 5.73. The van der Waals surface area contributed by atoms with Crippen LogP contribution < -0.4 is 10.6 Å². The lowest BCUT2D eigenvalue weighted by Crippen LogP contribution is -2.47. The fraction of sp³-hybridized carbons (Fsp3) is 0.533. The molecule has 1 atom stereocenters. The lowest BCUT2D eigenvalue weighted by Gasteiger charge is -2.30. The number of hydrogen-bond donors (Lipinski definition) is 2. The number of anilines is 1. The van der Waals surface area contributed by atoms with Gasteiger partial charge in [-0.3, -0.25) is 4.79 Å². The molecule has 1 aromatic carbocycles. The Hall–Kier alpha value is -0.970. The van der Waals surface area contributed by atoms with Gasteiger partial charge in [0.05, 0.1) is 10.7 Å². The zero-order chi connectivity index (χ0) is 15.4. The van der Waals surface area contributed by atoms with Crippen LogP contribution in [0, 0.1) is 0 Å². The third-order valence-electron chi connectivity index (χ3n) is 3.76. The van der Waals surface area contributed by atoms with E-state index in [1.807, 2.05) is 6.92 Å². The molecule has 1 amide bonds. The quantitative estimate of drug-likeness (QED) is 0.892. The number of rotatable bonds is 4. The fourth-order valence-corrected chi connectivity index (χ4v) is 2.85. The van der Waals surface area contributed by atoms with Crippen LogP contribution >= 0.6 is 23.2 Å². The first-order valence-corrected chi connectivity index (χ1v) is 7.92. The van der Waals surface area contributed by atoms with E-state index in [1.54, 1.807) is 18.2 Å². The minimum atomic E-state index is -0.344. The molecule has 1 aliphatic rings. The fourth-order valence-electron chi connectivity index (χ4n) is 2.38. The lowest BCUT2D eigenvalue weighted by molar-refractivity contribution is -0.122. The minimum absolute atomic E-state index is 0.00410. The van der Waals surface area contributed by atoms with Crippen LogP contribution in [0.4, 0.5) is 5.69 Å². The number of likely N-dealkylation sites (tertiary alicyclic amines) is 1. The van der Waals surface area contributed by atoms with Crippen LogP contribution in [-0.4, -0.2) is 43.0 Å². The summed E-state index contributed by atoms with van der Waals surface area (Å²) in [4.78, 5) is 14.5. The second kappa shape index (κ2) is 7.34. The highest BCUT2D eigenvalue weighted by molar-refractivity contribution is 6.36. The number of piperidine rings is 1. The van der Waals surface area contributed by atoms with Crippen LogP contribution in [0.25, 0.3) is 0 Å². The van der Waals surface area contributed by atoms with Crippen molar-refractivity contribution in [2.75, 3.05) is 25.5 Å². The van der Waals surface area contributed by atoms with Gasteiger partial charge in [0.2, 0.25) is 5.91 Å². The van der Waals surface area contributed by atoms with E-state index >= 15 is 0 Å². The summed E-state index contributed by atoms with van der Waals surface area (Å²) in [6.45, 7) is 3.88. The molecule has 21 heavy (non-hydrogen) atoms. The SMILES string of the molecule is C[C@H](Nc1ccc(Cl)cc1Cl)C(=O)NC1CCN(C)CC1. The second-order valence-electron chi connectivity index (χ2n) is 5.58. The molecule has 0 saturated carbocycles. The smallest absolute Gasteiger partial charge is 0.242 e. The van der Waals surface area contributed by atoms with Gasteiger partial charge >= 0.3 is 0 Å². The molecule has 0 unspecified atom stereocenters. The maximum atomic E-state index is 12.2. The molecule has 0 spiro atoms. The number of benzene rings is 1. The van der Waals surface area contributed by atoms with Crippen LogP contribution in [0.3, 0.4) is 0 Å². The molecule has 116 valence electrons. The molecular formula is C15H21Cl2N3O. The van der Waals surface area contributed by atoms with E-state index in [0.717, 1.165) is 25.9 Å². The first-order valence-electron chi connectivity index (χ1n) is 7.16. The topological polar surface area (TPSA) is 44.4 Å². The highest BCUT2D eigenvalue weighted by Gasteiger charge is 2.21. The van der Waals surface area contributed by atoms with Crippen molar-refractivity contribution >= 4 is 34.8 Å². The zero-order valence-corrected chi connectivity index (χ0v) is 13.8. The van der Waals surface area contributed by atoms with Gasteiger partial charge in [-0.05, 0) is 58.1 Å². The molecular weight excluding hydrogens is 309 g/mol. The van der Waals surface area contributed by atoms with Gasteiger partial charge in [-0.15, -0.1) is 0 Å².